The number of para-hydroxylation sites is 1. The summed E-state index contributed by atoms with van der Waals surface area (Å²) in [5, 5.41) is 0. The van der Waals surface area contributed by atoms with Crippen LogP contribution in [0.2, 0.25) is 0 Å². The van der Waals surface area contributed by atoms with Crippen LogP contribution in [0.25, 0.3) is 0 Å². The molecule has 0 aromatic heterocycles. The Kier molecular flexibility index (Phi) is 5.08. The van der Waals surface area contributed by atoms with E-state index in [-0.39, 0.29) is 10.9 Å². The molecule has 0 bridgehead atoms. The molecule has 5 nitrogen and oxygen atoms in total. The fraction of sp³-hybridized carbons (Fsp3) is 0.333. The monoisotopic (exact) mass is 364 g/mol. The van der Waals surface area contributed by atoms with Crippen molar-refractivity contribution < 1.29 is 17.5 Å². The molecule has 0 saturated carbocycles. The third-order valence-corrected chi connectivity index (χ3v) is 6.44. The molecule has 1 atom stereocenters. The lowest BCUT2D eigenvalue weighted by Gasteiger charge is -2.39. The Morgan fingerprint density at radius 3 is 2.44 bits per heavy atom. The van der Waals surface area contributed by atoms with Crippen LogP contribution in [0.3, 0.4) is 0 Å². The van der Waals surface area contributed by atoms with Gasteiger partial charge in [-0.3, -0.25) is 4.90 Å². The van der Waals surface area contributed by atoms with Gasteiger partial charge in [-0.25, -0.2) is 12.8 Å². The highest BCUT2D eigenvalue weighted by molar-refractivity contribution is 7.89. The maximum Gasteiger partial charge on any atom is 0.243 e. The van der Waals surface area contributed by atoms with Crippen LogP contribution >= 0.6 is 0 Å². The van der Waals surface area contributed by atoms with E-state index in [1.165, 1.54) is 28.6 Å². The summed E-state index contributed by atoms with van der Waals surface area (Å²) < 4.78 is 45.8. The number of methoxy groups -OCH3 is 1. The van der Waals surface area contributed by atoms with Crippen LogP contribution in [0, 0.1) is 5.82 Å². The number of likely N-dealkylation sites (N-methyl/N-ethyl adjacent to an activating group) is 1. The lowest BCUT2D eigenvalue weighted by molar-refractivity contribution is 0.146. The second-order valence-electron chi connectivity index (χ2n) is 6.06. The number of nitrogens with zero attached hydrogens (tertiary/aromatic N) is 2. The molecule has 2 aromatic rings. The van der Waals surface area contributed by atoms with Gasteiger partial charge in [0.25, 0.3) is 0 Å². The average molecular weight is 364 g/mol. The largest absolute Gasteiger partial charge is 0.496 e. The van der Waals surface area contributed by atoms with Crippen LogP contribution in [0.4, 0.5) is 4.39 Å². The quantitative estimate of drug-likeness (QED) is 0.837. The number of halogens is 1. The molecule has 1 saturated heterocycles. The van der Waals surface area contributed by atoms with E-state index in [2.05, 4.69) is 4.90 Å². The predicted octanol–water partition coefficient (Wildman–Crippen LogP) is 2.51. The van der Waals surface area contributed by atoms with Gasteiger partial charge in [0.15, 0.2) is 0 Å². The zero-order valence-electron chi connectivity index (χ0n) is 14.2. The minimum Gasteiger partial charge on any atom is -0.496 e. The number of benzene rings is 2. The van der Waals surface area contributed by atoms with E-state index in [0.717, 1.165) is 11.3 Å². The molecule has 0 amide bonds. The molecule has 1 aliphatic heterocycles. The van der Waals surface area contributed by atoms with Crippen LogP contribution in [-0.4, -0.2) is 51.4 Å². The minimum atomic E-state index is -3.66. The second-order valence-corrected chi connectivity index (χ2v) is 7.99. The first-order valence-corrected chi connectivity index (χ1v) is 9.46. The first kappa shape index (κ1) is 17.8. The summed E-state index contributed by atoms with van der Waals surface area (Å²) in [6.45, 7) is 1.31. The number of hydrogen-bond donors (Lipinski definition) is 0. The van der Waals surface area contributed by atoms with E-state index in [1.54, 1.807) is 7.11 Å². The molecule has 0 N–H and O–H groups in total. The molecular formula is C18H21FN2O3S. The van der Waals surface area contributed by atoms with Gasteiger partial charge in [0, 0.05) is 25.2 Å². The lowest BCUT2D eigenvalue weighted by Crippen LogP contribution is -2.48. The van der Waals surface area contributed by atoms with Gasteiger partial charge in [-0.05, 0) is 37.4 Å². The van der Waals surface area contributed by atoms with Crippen molar-refractivity contribution in [2.24, 2.45) is 0 Å². The van der Waals surface area contributed by atoms with Crippen molar-refractivity contribution in [2.45, 2.75) is 10.9 Å². The third-order valence-electron chi connectivity index (χ3n) is 4.56. The molecule has 134 valence electrons. The van der Waals surface area contributed by atoms with E-state index in [0.29, 0.717) is 19.6 Å². The fourth-order valence-electron chi connectivity index (χ4n) is 3.10. The summed E-state index contributed by atoms with van der Waals surface area (Å²) in [6, 6.07) is 12.5. The minimum absolute atomic E-state index is 0.109. The highest BCUT2D eigenvalue weighted by Crippen LogP contribution is 2.33. The number of sulfonamides is 1. The number of piperazine rings is 1. The smallest absolute Gasteiger partial charge is 0.243 e. The molecular weight excluding hydrogens is 343 g/mol. The van der Waals surface area contributed by atoms with Crippen molar-refractivity contribution in [3.05, 3.63) is 59.9 Å². The van der Waals surface area contributed by atoms with Crippen molar-refractivity contribution in [3.63, 3.8) is 0 Å². The van der Waals surface area contributed by atoms with Crippen LogP contribution in [-0.2, 0) is 10.0 Å². The van der Waals surface area contributed by atoms with E-state index in [1.807, 2.05) is 31.3 Å². The Morgan fingerprint density at radius 1 is 1.08 bits per heavy atom. The maximum absolute atomic E-state index is 13.1. The Morgan fingerprint density at radius 2 is 1.76 bits per heavy atom. The van der Waals surface area contributed by atoms with E-state index in [4.69, 9.17) is 4.74 Å². The molecule has 2 aromatic carbocycles. The maximum atomic E-state index is 13.1. The number of hydrogen-bond acceptors (Lipinski definition) is 4. The molecule has 0 spiro atoms. The van der Waals surface area contributed by atoms with Crippen molar-refractivity contribution in [1.29, 1.82) is 0 Å². The summed E-state index contributed by atoms with van der Waals surface area (Å²) >= 11 is 0. The summed E-state index contributed by atoms with van der Waals surface area (Å²) in [4.78, 5) is 2.23. The summed E-state index contributed by atoms with van der Waals surface area (Å²) in [5.74, 6) is 0.282. The summed E-state index contributed by atoms with van der Waals surface area (Å²) in [5.41, 5.74) is 0.950. The van der Waals surface area contributed by atoms with Gasteiger partial charge in [0.2, 0.25) is 10.0 Å². The van der Waals surface area contributed by atoms with Gasteiger partial charge in [0.05, 0.1) is 18.0 Å². The van der Waals surface area contributed by atoms with Crippen molar-refractivity contribution in [1.82, 2.24) is 9.21 Å². The van der Waals surface area contributed by atoms with Crippen LogP contribution < -0.4 is 4.74 Å². The lowest BCUT2D eigenvalue weighted by atomic mass is 10.0. The van der Waals surface area contributed by atoms with E-state index < -0.39 is 15.8 Å². The SMILES string of the molecule is COc1ccccc1C1CN(S(=O)(=O)c2ccc(F)cc2)CCN1C. The van der Waals surface area contributed by atoms with Crippen molar-refractivity contribution >= 4 is 10.0 Å². The normalized spacial score (nSPS) is 19.7. The molecule has 25 heavy (non-hydrogen) atoms. The average Bonchev–Trinajstić information content (AvgIpc) is 2.62. The standard InChI is InChI=1S/C18H21FN2O3S/c1-20-11-12-21(25(22,23)15-9-7-14(19)8-10-15)13-17(20)16-5-3-4-6-18(16)24-2/h3-10,17H,11-13H2,1-2H3. The van der Waals surface area contributed by atoms with Gasteiger partial charge < -0.3 is 4.74 Å². The van der Waals surface area contributed by atoms with Gasteiger partial charge in [-0.2, -0.15) is 4.31 Å². The number of ether oxygens (including phenoxy) is 1. The first-order chi connectivity index (χ1) is 11.9. The van der Waals surface area contributed by atoms with E-state index >= 15 is 0 Å². The topological polar surface area (TPSA) is 49.9 Å². The fourth-order valence-corrected chi connectivity index (χ4v) is 4.54. The second kappa shape index (κ2) is 7.11. The van der Waals surface area contributed by atoms with Crippen LogP contribution in [0.1, 0.15) is 11.6 Å². The molecule has 3 rings (SSSR count). The highest BCUT2D eigenvalue weighted by atomic mass is 32.2. The Bertz CT molecular complexity index is 840. The first-order valence-electron chi connectivity index (χ1n) is 8.02. The molecule has 1 heterocycles. The molecule has 1 fully saturated rings. The van der Waals surface area contributed by atoms with E-state index in [9.17, 15) is 12.8 Å². The van der Waals surface area contributed by atoms with Gasteiger partial charge in [-0.15, -0.1) is 0 Å². The van der Waals surface area contributed by atoms with Crippen LogP contribution in [0.15, 0.2) is 53.4 Å². The zero-order chi connectivity index (χ0) is 18.0. The predicted molar refractivity (Wildman–Crippen MR) is 93.5 cm³/mol. The summed E-state index contributed by atoms with van der Waals surface area (Å²) in [6.07, 6.45) is 0. The molecule has 7 heteroatoms. The van der Waals surface area contributed by atoms with Gasteiger partial charge in [-0.1, -0.05) is 18.2 Å². The third kappa shape index (κ3) is 3.53. The highest BCUT2D eigenvalue weighted by Gasteiger charge is 2.34. The van der Waals surface area contributed by atoms with Gasteiger partial charge >= 0.3 is 0 Å². The Balaban J connectivity index is 1.91. The van der Waals surface area contributed by atoms with Crippen LogP contribution in [0.5, 0.6) is 5.75 Å². The summed E-state index contributed by atoms with van der Waals surface area (Å²) in [7, 11) is -0.0865. The zero-order valence-corrected chi connectivity index (χ0v) is 15.0. The molecule has 1 aliphatic rings. The Hall–Kier alpha value is -1.96. The Labute approximate surface area is 147 Å². The van der Waals surface area contributed by atoms with Crippen molar-refractivity contribution in [3.8, 4) is 5.75 Å². The van der Waals surface area contributed by atoms with Crippen molar-refractivity contribution in [2.75, 3.05) is 33.8 Å². The molecule has 0 aliphatic carbocycles. The molecule has 0 radical (unpaired) electrons. The number of rotatable bonds is 4. The molecule has 1 unspecified atom stereocenters. The van der Waals surface area contributed by atoms with Gasteiger partial charge in [0.1, 0.15) is 11.6 Å².